The van der Waals surface area contributed by atoms with Crippen molar-refractivity contribution in [3.05, 3.63) is 0 Å². The highest BCUT2D eigenvalue weighted by Gasteiger charge is 2.27. The molecule has 0 aromatic rings. The highest BCUT2D eigenvalue weighted by Crippen LogP contribution is 2.21. The Hall–Kier alpha value is -0.570. The molecule has 0 amide bonds. The molecule has 3 heteroatoms. The summed E-state index contributed by atoms with van der Waals surface area (Å²) in [5, 5.41) is 3.41. The van der Waals surface area contributed by atoms with Crippen LogP contribution in [0, 0.1) is 11.8 Å². The Balaban J connectivity index is 1.80. The minimum absolute atomic E-state index is 0.349. The second kappa shape index (κ2) is 4.97. The Bertz CT molecular complexity index is 232. The van der Waals surface area contributed by atoms with Gasteiger partial charge in [0, 0.05) is 12.5 Å². The van der Waals surface area contributed by atoms with Gasteiger partial charge in [0.1, 0.15) is 6.10 Å². The summed E-state index contributed by atoms with van der Waals surface area (Å²) in [6.07, 6.45) is 3.97. The molecular formula is C12H22N2O. The lowest BCUT2D eigenvalue weighted by Crippen LogP contribution is -2.35. The van der Waals surface area contributed by atoms with Gasteiger partial charge in [-0.1, -0.05) is 13.8 Å². The van der Waals surface area contributed by atoms with Crippen molar-refractivity contribution >= 4 is 5.90 Å². The predicted octanol–water partition coefficient (Wildman–Crippen LogP) is 1.83. The van der Waals surface area contributed by atoms with Gasteiger partial charge >= 0.3 is 0 Å². The maximum absolute atomic E-state index is 5.92. The number of ether oxygens (including phenoxy) is 1. The first-order valence-corrected chi connectivity index (χ1v) is 6.17. The molecule has 2 aliphatic heterocycles. The topological polar surface area (TPSA) is 33.6 Å². The van der Waals surface area contributed by atoms with Crippen LogP contribution >= 0.6 is 0 Å². The van der Waals surface area contributed by atoms with Crippen LogP contribution in [-0.4, -0.2) is 31.6 Å². The van der Waals surface area contributed by atoms with E-state index in [-0.39, 0.29) is 0 Å². The maximum atomic E-state index is 5.92. The van der Waals surface area contributed by atoms with Gasteiger partial charge in [-0.2, -0.15) is 0 Å². The Labute approximate surface area is 92.3 Å². The molecule has 0 radical (unpaired) electrons. The summed E-state index contributed by atoms with van der Waals surface area (Å²) in [7, 11) is 0. The molecule has 0 bridgehead atoms. The van der Waals surface area contributed by atoms with Gasteiger partial charge in [0.15, 0.2) is 5.90 Å². The van der Waals surface area contributed by atoms with Crippen molar-refractivity contribution in [3.8, 4) is 0 Å². The fourth-order valence-corrected chi connectivity index (χ4v) is 2.37. The highest BCUT2D eigenvalue weighted by atomic mass is 16.5. The number of nitrogens with one attached hydrogen (secondary N) is 1. The monoisotopic (exact) mass is 210 g/mol. The normalized spacial score (nSPS) is 31.5. The summed E-state index contributed by atoms with van der Waals surface area (Å²) in [4.78, 5) is 4.55. The number of rotatable bonds is 3. The number of hydrogen-bond acceptors (Lipinski definition) is 3. The van der Waals surface area contributed by atoms with E-state index in [4.69, 9.17) is 4.74 Å². The third-order valence-electron chi connectivity index (χ3n) is 3.12. The quantitative estimate of drug-likeness (QED) is 0.771. The van der Waals surface area contributed by atoms with Crippen molar-refractivity contribution in [1.82, 2.24) is 5.32 Å². The lowest BCUT2D eigenvalue weighted by molar-refractivity contribution is 0.179. The molecule has 2 rings (SSSR count). The van der Waals surface area contributed by atoms with Gasteiger partial charge in [0.25, 0.3) is 0 Å². The molecule has 2 aliphatic rings. The Morgan fingerprint density at radius 1 is 1.53 bits per heavy atom. The van der Waals surface area contributed by atoms with E-state index < -0.39 is 0 Å². The number of piperidine rings is 1. The Kier molecular flexibility index (Phi) is 3.62. The average molecular weight is 210 g/mol. The van der Waals surface area contributed by atoms with Gasteiger partial charge in [0.05, 0.1) is 6.54 Å². The van der Waals surface area contributed by atoms with E-state index in [1.807, 2.05) is 0 Å². The molecule has 2 heterocycles. The maximum Gasteiger partial charge on any atom is 0.188 e. The SMILES string of the molecule is CC(C)CC1CN=C(C2CCCNC2)O1. The number of aliphatic imine (C=N–C) groups is 1. The standard InChI is InChI=1S/C12H22N2O/c1-9(2)6-11-8-14-12(15-11)10-4-3-5-13-7-10/h9-11,13H,3-8H2,1-2H3. The van der Waals surface area contributed by atoms with Crippen molar-refractivity contribution < 1.29 is 4.74 Å². The molecule has 2 atom stereocenters. The molecule has 86 valence electrons. The second-order valence-corrected chi connectivity index (χ2v) is 5.09. The lowest BCUT2D eigenvalue weighted by atomic mass is 10.00. The molecule has 1 fully saturated rings. The van der Waals surface area contributed by atoms with Crippen LogP contribution in [0.15, 0.2) is 4.99 Å². The van der Waals surface area contributed by atoms with Crippen molar-refractivity contribution in [2.75, 3.05) is 19.6 Å². The molecule has 0 aliphatic carbocycles. The van der Waals surface area contributed by atoms with Crippen molar-refractivity contribution in [2.45, 2.75) is 39.2 Å². The molecule has 1 N–H and O–H groups in total. The zero-order chi connectivity index (χ0) is 10.7. The summed E-state index contributed by atoms with van der Waals surface area (Å²) >= 11 is 0. The van der Waals surface area contributed by atoms with Crippen molar-refractivity contribution in [3.63, 3.8) is 0 Å². The third kappa shape index (κ3) is 2.94. The summed E-state index contributed by atoms with van der Waals surface area (Å²) in [5.41, 5.74) is 0. The van der Waals surface area contributed by atoms with E-state index in [0.717, 1.165) is 32.0 Å². The molecule has 3 nitrogen and oxygen atoms in total. The predicted molar refractivity (Wildman–Crippen MR) is 62.2 cm³/mol. The Morgan fingerprint density at radius 3 is 3.07 bits per heavy atom. The van der Waals surface area contributed by atoms with Crippen LogP contribution in [0.3, 0.4) is 0 Å². The summed E-state index contributed by atoms with van der Waals surface area (Å²) in [6, 6.07) is 0. The van der Waals surface area contributed by atoms with Crippen LogP contribution in [0.2, 0.25) is 0 Å². The zero-order valence-corrected chi connectivity index (χ0v) is 9.83. The minimum Gasteiger partial charge on any atom is -0.475 e. The molecule has 15 heavy (non-hydrogen) atoms. The molecule has 0 spiro atoms. The first-order valence-electron chi connectivity index (χ1n) is 6.17. The molecule has 0 aromatic carbocycles. The van der Waals surface area contributed by atoms with Crippen LogP contribution in [0.4, 0.5) is 0 Å². The van der Waals surface area contributed by atoms with Crippen LogP contribution in [0.1, 0.15) is 33.1 Å². The lowest BCUT2D eigenvalue weighted by Gasteiger charge is -2.23. The fourth-order valence-electron chi connectivity index (χ4n) is 2.37. The molecular weight excluding hydrogens is 188 g/mol. The van der Waals surface area contributed by atoms with Gasteiger partial charge in [-0.15, -0.1) is 0 Å². The smallest absolute Gasteiger partial charge is 0.188 e. The van der Waals surface area contributed by atoms with Gasteiger partial charge < -0.3 is 10.1 Å². The molecule has 0 saturated carbocycles. The van der Waals surface area contributed by atoms with Gasteiger partial charge in [-0.25, -0.2) is 0 Å². The summed E-state index contributed by atoms with van der Waals surface area (Å²) < 4.78 is 5.92. The Morgan fingerprint density at radius 2 is 2.40 bits per heavy atom. The van der Waals surface area contributed by atoms with Gasteiger partial charge in [-0.05, 0) is 31.7 Å². The largest absolute Gasteiger partial charge is 0.475 e. The van der Waals surface area contributed by atoms with E-state index in [2.05, 4.69) is 24.2 Å². The third-order valence-corrected chi connectivity index (χ3v) is 3.12. The van der Waals surface area contributed by atoms with Gasteiger partial charge in [-0.3, -0.25) is 4.99 Å². The van der Waals surface area contributed by atoms with Crippen LogP contribution < -0.4 is 5.32 Å². The van der Waals surface area contributed by atoms with E-state index in [9.17, 15) is 0 Å². The molecule has 1 saturated heterocycles. The van der Waals surface area contributed by atoms with Crippen molar-refractivity contribution in [2.24, 2.45) is 16.8 Å². The van der Waals surface area contributed by atoms with Crippen LogP contribution in [0.5, 0.6) is 0 Å². The van der Waals surface area contributed by atoms with E-state index in [1.165, 1.54) is 12.8 Å². The second-order valence-electron chi connectivity index (χ2n) is 5.09. The summed E-state index contributed by atoms with van der Waals surface area (Å²) in [5.74, 6) is 2.26. The van der Waals surface area contributed by atoms with Gasteiger partial charge in [0.2, 0.25) is 0 Å². The first-order chi connectivity index (χ1) is 7.25. The molecule has 0 aromatic heterocycles. The number of nitrogens with zero attached hydrogens (tertiary/aromatic N) is 1. The number of hydrogen-bond donors (Lipinski definition) is 1. The molecule has 2 unspecified atom stereocenters. The first kappa shape index (κ1) is 10.9. The zero-order valence-electron chi connectivity index (χ0n) is 9.83. The summed E-state index contributed by atoms with van der Waals surface area (Å²) in [6.45, 7) is 7.56. The van der Waals surface area contributed by atoms with E-state index >= 15 is 0 Å². The average Bonchev–Trinajstić information content (AvgIpc) is 2.67. The van der Waals surface area contributed by atoms with Crippen LogP contribution in [-0.2, 0) is 4.74 Å². The van der Waals surface area contributed by atoms with E-state index in [0.29, 0.717) is 17.9 Å². The van der Waals surface area contributed by atoms with Crippen LogP contribution in [0.25, 0.3) is 0 Å². The van der Waals surface area contributed by atoms with Crippen molar-refractivity contribution in [1.29, 1.82) is 0 Å². The minimum atomic E-state index is 0.349. The highest BCUT2D eigenvalue weighted by molar-refractivity contribution is 5.80. The fraction of sp³-hybridized carbons (Fsp3) is 0.917. The van der Waals surface area contributed by atoms with E-state index in [1.54, 1.807) is 0 Å².